The Morgan fingerprint density at radius 2 is 2.17 bits per heavy atom. The van der Waals surface area contributed by atoms with Crippen LogP contribution < -0.4 is 4.74 Å². The topological polar surface area (TPSA) is 9.23 Å². The highest BCUT2D eigenvalue weighted by Gasteiger charge is 1.96. The summed E-state index contributed by atoms with van der Waals surface area (Å²) < 4.78 is 5.14. The van der Waals surface area contributed by atoms with Gasteiger partial charge >= 0.3 is 0 Å². The number of ether oxygens (including phenoxy) is 1. The minimum absolute atomic E-state index is 0.932. The van der Waals surface area contributed by atoms with Gasteiger partial charge in [0.15, 0.2) is 0 Å². The maximum atomic E-state index is 5.14. The van der Waals surface area contributed by atoms with Crippen LogP contribution in [0.5, 0.6) is 5.75 Å². The fourth-order valence-electron chi connectivity index (χ4n) is 1.08. The fraction of sp³-hybridized carbons (Fsp3) is 0.200. The second kappa shape index (κ2) is 4.31. The van der Waals surface area contributed by atoms with Crippen molar-refractivity contribution >= 4 is 22.0 Å². The minimum Gasteiger partial charge on any atom is -0.496 e. The lowest BCUT2D eigenvalue weighted by atomic mass is 10.1. The predicted octanol–water partition coefficient (Wildman–Crippen LogP) is 3.37. The van der Waals surface area contributed by atoms with Gasteiger partial charge in [0, 0.05) is 0 Å². The molecule has 0 saturated carbocycles. The van der Waals surface area contributed by atoms with Gasteiger partial charge in [-0.05, 0) is 41.2 Å². The number of benzene rings is 1. The average molecular weight is 227 g/mol. The number of hydrogen-bond acceptors (Lipinski definition) is 1. The predicted molar refractivity (Wildman–Crippen MR) is 55.7 cm³/mol. The van der Waals surface area contributed by atoms with Gasteiger partial charge in [-0.3, -0.25) is 0 Å². The average Bonchev–Trinajstić information content (AvgIpc) is 2.05. The van der Waals surface area contributed by atoms with Gasteiger partial charge in [-0.15, -0.1) is 0 Å². The Balaban J connectivity index is 3.01. The maximum Gasteiger partial charge on any atom is 0.121 e. The van der Waals surface area contributed by atoms with E-state index in [1.807, 2.05) is 30.1 Å². The highest BCUT2D eigenvalue weighted by molar-refractivity contribution is 9.11. The van der Waals surface area contributed by atoms with E-state index in [0.29, 0.717) is 0 Å². The van der Waals surface area contributed by atoms with Gasteiger partial charge in [-0.2, -0.15) is 0 Å². The first kappa shape index (κ1) is 9.33. The van der Waals surface area contributed by atoms with Gasteiger partial charge in [-0.25, -0.2) is 0 Å². The van der Waals surface area contributed by atoms with Crippen molar-refractivity contribution in [3.63, 3.8) is 0 Å². The maximum absolute atomic E-state index is 5.14. The SMILES string of the molecule is COc1ccc(/C=C/Br)cc1C. The zero-order valence-electron chi connectivity index (χ0n) is 7.17. The molecule has 1 aromatic carbocycles. The monoisotopic (exact) mass is 226 g/mol. The number of hydrogen-bond donors (Lipinski definition) is 0. The summed E-state index contributed by atoms with van der Waals surface area (Å²) in [5.74, 6) is 0.932. The molecule has 64 valence electrons. The van der Waals surface area contributed by atoms with Crippen molar-refractivity contribution in [2.24, 2.45) is 0 Å². The van der Waals surface area contributed by atoms with E-state index >= 15 is 0 Å². The quantitative estimate of drug-likeness (QED) is 0.752. The van der Waals surface area contributed by atoms with Crippen molar-refractivity contribution in [2.45, 2.75) is 6.92 Å². The van der Waals surface area contributed by atoms with Gasteiger partial charge in [0.2, 0.25) is 0 Å². The summed E-state index contributed by atoms with van der Waals surface area (Å²) in [5.41, 5.74) is 2.32. The normalized spacial score (nSPS) is 10.6. The standard InChI is InChI=1S/C10H11BrO/c1-8-7-9(5-6-11)3-4-10(8)12-2/h3-7H,1-2H3/b6-5+. The van der Waals surface area contributed by atoms with Crippen LogP contribution in [-0.4, -0.2) is 7.11 Å². The van der Waals surface area contributed by atoms with Crippen LogP contribution in [0.2, 0.25) is 0 Å². The van der Waals surface area contributed by atoms with Crippen LogP contribution in [0.1, 0.15) is 11.1 Å². The zero-order valence-corrected chi connectivity index (χ0v) is 8.76. The molecule has 0 aliphatic rings. The molecular formula is C10H11BrO. The molecule has 0 aliphatic carbocycles. The van der Waals surface area contributed by atoms with E-state index in [4.69, 9.17) is 4.74 Å². The van der Waals surface area contributed by atoms with Crippen LogP contribution >= 0.6 is 15.9 Å². The second-order valence-electron chi connectivity index (χ2n) is 2.52. The van der Waals surface area contributed by atoms with Crippen molar-refractivity contribution in [1.29, 1.82) is 0 Å². The van der Waals surface area contributed by atoms with Gasteiger partial charge < -0.3 is 4.74 Å². The van der Waals surface area contributed by atoms with Crippen LogP contribution in [0, 0.1) is 6.92 Å². The van der Waals surface area contributed by atoms with Crippen molar-refractivity contribution < 1.29 is 4.74 Å². The third kappa shape index (κ3) is 2.11. The second-order valence-corrected chi connectivity index (χ2v) is 3.05. The first-order valence-corrected chi connectivity index (χ1v) is 4.61. The Kier molecular flexibility index (Phi) is 3.35. The van der Waals surface area contributed by atoms with Crippen molar-refractivity contribution in [3.05, 3.63) is 34.3 Å². The van der Waals surface area contributed by atoms with E-state index in [1.54, 1.807) is 7.11 Å². The Bertz CT molecular complexity index is 292. The lowest BCUT2D eigenvalue weighted by Gasteiger charge is -2.04. The van der Waals surface area contributed by atoms with Crippen LogP contribution in [0.15, 0.2) is 23.2 Å². The fourth-order valence-corrected chi connectivity index (χ4v) is 1.38. The van der Waals surface area contributed by atoms with Gasteiger partial charge in [0.05, 0.1) is 7.11 Å². The summed E-state index contributed by atoms with van der Waals surface area (Å²) in [6, 6.07) is 6.07. The zero-order chi connectivity index (χ0) is 8.97. The summed E-state index contributed by atoms with van der Waals surface area (Å²) in [4.78, 5) is 1.84. The summed E-state index contributed by atoms with van der Waals surface area (Å²) in [6.07, 6.45) is 1.99. The highest BCUT2D eigenvalue weighted by Crippen LogP contribution is 2.19. The lowest BCUT2D eigenvalue weighted by Crippen LogP contribution is -1.86. The molecule has 0 radical (unpaired) electrons. The molecule has 12 heavy (non-hydrogen) atoms. The molecule has 0 unspecified atom stereocenters. The smallest absolute Gasteiger partial charge is 0.121 e. The molecule has 0 saturated heterocycles. The van der Waals surface area contributed by atoms with Gasteiger partial charge in [0.1, 0.15) is 5.75 Å². The van der Waals surface area contributed by atoms with E-state index in [0.717, 1.165) is 11.3 Å². The third-order valence-corrected chi connectivity index (χ3v) is 1.94. The van der Waals surface area contributed by atoms with Crippen LogP contribution in [0.25, 0.3) is 6.08 Å². The van der Waals surface area contributed by atoms with Crippen molar-refractivity contribution in [1.82, 2.24) is 0 Å². The number of aryl methyl sites for hydroxylation is 1. The Morgan fingerprint density at radius 1 is 1.42 bits per heavy atom. The molecule has 0 spiro atoms. The number of rotatable bonds is 2. The molecule has 0 aliphatic heterocycles. The van der Waals surface area contributed by atoms with E-state index in [9.17, 15) is 0 Å². The van der Waals surface area contributed by atoms with Gasteiger partial charge in [-0.1, -0.05) is 22.0 Å². The number of methoxy groups -OCH3 is 1. The van der Waals surface area contributed by atoms with Crippen molar-refractivity contribution in [3.8, 4) is 5.75 Å². The third-order valence-electron chi connectivity index (χ3n) is 1.67. The molecule has 2 heteroatoms. The van der Waals surface area contributed by atoms with Crippen LogP contribution in [0.4, 0.5) is 0 Å². The highest BCUT2D eigenvalue weighted by atomic mass is 79.9. The summed E-state index contributed by atoms with van der Waals surface area (Å²) in [5, 5.41) is 0. The Hall–Kier alpha value is -0.760. The van der Waals surface area contributed by atoms with E-state index in [2.05, 4.69) is 22.0 Å². The van der Waals surface area contributed by atoms with E-state index in [1.165, 1.54) is 5.56 Å². The lowest BCUT2D eigenvalue weighted by molar-refractivity contribution is 0.411. The molecule has 0 aromatic heterocycles. The molecule has 0 amide bonds. The molecule has 0 atom stereocenters. The molecule has 1 aromatic rings. The van der Waals surface area contributed by atoms with E-state index < -0.39 is 0 Å². The Morgan fingerprint density at radius 3 is 2.67 bits per heavy atom. The summed E-state index contributed by atoms with van der Waals surface area (Å²) >= 11 is 3.23. The molecule has 0 fully saturated rings. The summed E-state index contributed by atoms with van der Waals surface area (Å²) in [7, 11) is 1.68. The first-order valence-electron chi connectivity index (χ1n) is 3.69. The molecule has 0 heterocycles. The van der Waals surface area contributed by atoms with E-state index in [-0.39, 0.29) is 0 Å². The minimum atomic E-state index is 0.932. The molecule has 1 rings (SSSR count). The van der Waals surface area contributed by atoms with Crippen LogP contribution in [0.3, 0.4) is 0 Å². The van der Waals surface area contributed by atoms with Crippen LogP contribution in [-0.2, 0) is 0 Å². The Labute approximate surface area is 81.2 Å². The molecule has 1 nitrogen and oxygen atoms in total. The molecule has 0 N–H and O–H groups in total. The molecule has 0 bridgehead atoms. The largest absolute Gasteiger partial charge is 0.496 e. The summed E-state index contributed by atoms with van der Waals surface area (Å²) in [6.45, 7) is 2.03. The number of halogens is 1. The van der Waals surface area contributed by atoms with Crippen molar-refractivity contribution in [2.75, 3.05) is 7.11 Å². The first-order chi connectivity index (χ1) is 5.77. The van der Waals surface area contributed by atoms with Gasteiger partial charge in [0.25, 0.3) is 0 Å². The molecular weight excluding hydrogens is 216 g/mol.